The lowest BCUT2D eigenvalue weighted by Gasteiger charge is -2.07. The highest BCUT2D eigenvalue weighted by molar-refractivity contribution is 5.87. The first kappa shape index (κ1) is 12.1. The highest BCUT2D eigenvalue weighted by Gasteiger charge is 2.16. The van der Waals surface area contributed by atoms with Crippen molar-refractivity contribution in [1.82, 2.24) is 0 Å². The summed E-state index contributed by atoms with van der Waals surface area (Å²) in [6.45, 7) is -0.146. The molecule has 0 amide bonds. The number of aromatic carboxylic acids is 1. The molecule has 0 atom stereocenters. The molecule has 6 heteroatoms. The van der Waals surface area contributed by atoms with Crippen LogP contribution in [0.5, 0.6) is 5.75 Å². The van der Waals surface area contributed by atoms with Crippen LogP contribution in [0.3, 0.4) is 0 Å². The zero-order valence-corrected chi connectivity index (χ0v) is 9.02. The molecule has 2 rings (SSSR count). The van der Waals surface area contributed by atoms with E-state index in [2.05, 4.69) is 0 Å². The van der Waals surface area contributed by atoms with E-state index >= 15 is 0 Å². The van der Waals surface area contributed by atoms with Crippen LogP contribution in [-0.2, 0) is 6.61 Å². The third-order valence-electron chi connectivity index (χ3n) is 2.18. The first-order valence-corrected chi connectivity index (χ1v) is 4.95. The Morgan fingerprint density at radius 1 is 1.33 bits per heavy atom. The molecule has 0 aliphatic heterocycles. The molecule has 18 heavy (non-hydrogen) atoms. The number of carbonyl (C=O) groups is 1. The van der Waals surface area contributed by atoms with Crippen molar-refractivity contribution in [2.75, 3.05) is 0 Å². The van der Waals surface area contributed by atoms with Crippen LogP contribution in [0.15, 0.2) is 34.9 Å². The van der Waals surface area contributed by atoms with Gasteiger partial charge in [-0.2, -0.15) is 0 Å². The Bertz CT molecular complexity index is 540. The number of hydrogen-bond acceptors (Lipinski definition) is 3. The predicted octanol–water partition coefficient (Wildman–Crippen LogP) is 2.84. The summed E-state index contributed by atoms with van der Waals surface area (Å²) in [6.07, 6.45) is 1.40. The highest BCUT2D eigenvalue weighted by Crippen LogP contribution is 2.24. The Balaban J connectivity index is 2.20. The minimum atomic E-state index is -1.41. The second-order valence-electron chi connectivity index (χ2n) is 3.44. The summed E-state index contributed by atoms with van der Waals surface area (Å²) in [6, 6.07) is 4.59. The fourth-order valence-corrected chi connectivity index (χ4v) is 1.36. The van der Waals surface area contributed by atoms with Crippen molar-refractivity contribution in [3.8, 4) is 5.75 Å². The zero-order chi connectivity index (χ0) is 13.1. The molecular weight excluding hydrogens is 246 g/mol. The highest BCUT2D eigenvalue weighted by atomic mass is 19.1. The van der Waals surface area contributed by atoms with E-state index in [1.165, 1.54) is 6.26 Å². The summed E-state index contributed by atoms with van der Waals surface area (Å²) in [5.74, 6) is -3.78. The molecule has 1 N–H and O–H groups in total. The van der Waals surface area contributed by atoms with Gasteiger partial charge in [-0.1, -0.05) is 0 Å². The number of carboxylic acids is 1. The molecule has 0 spiro atoms. The molecule has 1 heterocycles. The molecule has 0 bridgehead atoms. The maximum absolute atomic E-state index is 13.4. The number of rotatable bonds is 4. The van der Waals surface area contributed by atoms with Crippen LogP contribution < -0.4 is 4.74 Å². The fraction of sp³-hybridized carbons (Fsp3) is 0.0833. The summed E-state index contributed by atoms with van der Waals surface area (Å²) >= 11 is 0. The van der Waals surface area contributed by atoms with Crippen molar-refractivity contribution in [3.63, 3.8) is 0 Å². The largest absolute Gasteiger partial charge is 0.480 e. The van der Waals surface area contributed by atoms with E-state index in [0.717, 1.165) is 0 Å². The van der Waals surface area contributed by atoms with E-state index in [1.54, 1.807) is 12.1 Å². The van der Waals surface area contributed by atoms with Crippen LogP contribution in [0.25, 0.3) is 0 Å². The Morgan fingerprint density at radius 3 is 2.50 bits per heavy atom. The van der Waals surface area contributed by atoms with E-state index in [4.69, 9.17) is 14.3 Å². The molecule has 4 nitrogen and oxygen atoms in total. The number of benzene rings is 1. The summed E-state index contributed by atoms with van der Waals surface area (Å²) in [5.41, 5.74) is -0.477. The minimum Gasteiger partial charge on any atom is -0.480 e. The topological polar surface area (TPSA) is 59.7 Å². The zero-order valence-electron chi connectivity index (χ0n) is 9.02. The second kappa shape index (κ2) is 4.87. The monoisotopic (exact) mass is 254 g/mol. The molecule has 0 radical (unpaired) electrons. The summed E-state index contributed by atoms with van der Waals surface area (Å²) in [5, 5.41) is 8.62. The number of halogens is 2. The molecule has 0 unspecified atom stereocenters. The Morgan fingerprint density at radius 2 is 2.00 bits per heavy atom. The van der Waals surface area contributed by atoms with Crippen molar-refractivity contribution >= 4 is 5.97 Å². The predicted molar refractivity (Wildman–Crippen MR) is 56.4 cm³/mol. The van der Waals surface area contributed by atoms with Crippen LogP contribution >= 0.6 is 0 Å². The van der Waals surface area contributed by atoms with Crippen LogP contribution in [0.4, 0.5) is 8.78 Å². The van der Waals surface area contributed by atoms with E-state index in [0.29, 0.717) is 17.9 Å². The molecule has 0 saturated heterocycles. The molecule has 0 fully saturated rings. The average Bonchev–Trinajstić information content (AvgIpc) is 2.80. The van der Waals surface area contributed by atoms with Gasteiger partial charge >= 0.3 is 5.97 Å². The van der Waals surface area contributed by atoms with Crippen LogP contribution in [0.1, 0.15) is 16.1 Å². The standard InChI is InChI=1S/C12H8F2O4/c13-9-4-7(12(15)16)5-10(14)11(9)18-6-8-2-1-3-17-8/h1-5H,6H2,(H,15,16). The Kier molecular flexibility index (Phi) is 3.27. The molecule has 0 saturated carbocycles. The molecule has 2 aromatic rings. The second-order valence-corrected chi connectivity index (χ2v) is 3.44. The number of ether oxygens (including phenoxy) is 1. The van der Waals surface area contributed by atoms with Crippen molar-refractivity contribution in [1.29, 1.82) is 0 Å². The minimum absolute atomic E-state index is 0.146. The maximum Gasteiger partial charge on any atom is 0.335 e. The Hall–Kier alpha value is -2.37. The van der Waals surface area contributed by atoms with Gasteiger partial charge in [0.15, 0.2) is 17.4 Å². The lowest BCUT2D eigenvalue weighted by molar-refractivity contribution is 0.0695. The van der Waals surface area contributed by atoms with E-state index in [9.17, 15) is 13.6 Å². The summed E-state index contributed by atoms with van der Waals surface area (Å²) in [4.78, 5) is 10.6. The quantitative estimate of drug-likeness (QED) is 0.911. The molecule has 1 aromatic carbocycles. The van der Waals surface area contributed by atoms with Gasteiger partial charge in [0.2, 0.25) is 0 Å². The average molecular weight is 254 g/mol. The van der Waals surface area contributed by atoms with E-state index in [-0.39, 0.29) is 6.61 Å². The maximum atomic E-state index is 13.4. The third-order valence-corrected chi connectivity index (χ3v) is 2.18. The summed E-state index contributed by atoms with van der Waals surface area (Å²) in [7, 11) is 0. The molecule has 94 valence electrons. The normalized spacial score (nSPS) is 10.3. The van der Waals surface area contributed by atoms with Gasteiger partial charge in [-0.25, -0.2) is 13.6 Å². The van der Waals surface area contributed by atoms with E-state index in [1.807, 2.05) is 0 Å². The van der Waals surface area contributed by atoms with Gasteiger partial charge in [0.1, 0.15) is 12.4 Å². The van der Waals surface area contributed by atoms with Crippen molar-refractivity contribution in [2.45, 2.75) is 6.61 Å². The number of furan rings is 1. The van der Waals surface area contributed by atoms with E-state index < -0.39 is 28.9 Å². The van der Waals surface area contributed by atoms with Crippen LogP contribution in [-0.4, -0.2) is 11.1 Å². The van der Waals surface area contributed by atoms with Gasteiger partial charge in [0.25, 0.3) is 0 Å². The SMILES string of the molecule is O=C(O)c1cc(F)c(OCc2ccco2)c(F)c1. The smallest absolute Gasteiger partial charge is 0.335 e. The van der Waals surface area contributed by atoms with Crippen molar-refractivity contribution in [2.24, 2.45) is 0 Å². The van der Waals surface area contributed by atoms with Crippen molar-refractivity contribution in [3.05, 3.63) is 53.5 Å². The van der Waals surface area contributed by atoms with Gasteiger partial charge < -0.3 is 14.3 Å². The number of carboxylic acid groups (broad SMARTS) is 1. The lowest BCUT2D eigenvalue weighted by Crippen LogP contribution is -2.03. The number of hydrogen-bond donors (Lipinski definition) is 1. The first-order valence-electron chi connectivity index (χ1n) is 4.95. The summed E-state index contributed by atoms with van der Waals surface area (Å²) < 4.78 is 36.7. The third kappa shape index (κ3) is 2.48. The van der Waals surface area contributed by atoms with Gasteiger partial charge in [-0.05, 0) is 24.3 Å². The van der Waals surface area contributed by atoms with Gasteiger partial charge in [-0.15, -0.1) is 0 Å². The van der Waals surface area contributed by atoms with Gasteiger partial charge in [0, 0.05) is 0 Å². The van der Waals surface area contributed by atoms with Crippen LogP contribution in [0, 0.1) is 11.6 Å². The first-order chi connectivity index (χ1) is 8.58. The van der Waals surface area contributed by atoms with Gasteiger partial charge in [0.05, 0.1) is 11.8 Å². The lowest BCUT2D eigenvalue weighted by atomic mass is 10.2. The van der Waals surface area contributed by atoms with Gasteiger partial charge in [-0.3, -0.25) is 0 Å². The van der Waals surface area contributed by atoms with Crippen LogP contribution in [0.2, 0.25) is 0 Å². The molecule has 0 aliphatic carbocycles. The molecular formula is C12H8F2O4. The fourth-order valence-electron chi connectivity index (χ4n) is 1.36. The van der Waals surface area contributed by atoms with Crippen molar-refractivity contribution < 1.29 is 27.8 Å². The molecule has 0 aliphatic rings. The molecule has 1 aromatic heterocycles. The Labute approximate surface area is 100 Å².